The van der Waals surface area contributed by atoms with Gasteiger partial charge in [-0.15, -0.1) is 11.3 Å². The third-order valence-corrected chi connectivity index (χ3v) is 5.79. The number of benzene rings is 2. The average molecular weight is 374 g/mol. The Morgan fingerprint density at radius 1 is 1.32 bits per heavy atom. The minimum atomic E-state index is -0.0737. The van der Waals surface area contributed by atoms with Gasteiger partial charge in [0.15, 0.2) is 0 Å². The molecule has 3 rings (SSSR count). The smallest absolute Gasteiger partial charge is 0.238 e. The molecule has 0 spiro atoms. The Labute approximate surface area is 156 Å². The van der Waals surface area contributed by atoms with Crippen molar-refractivity contribution < 1.29 is 4.79 Å². The van der Waals surface area contributed by atoms with E-state index in [0.29, 0.717) is 10.7 Å². The summed E-state index contributed by atoms with van der Waals surface area (Å²) in [5.74, 6) is -0.0737. The number of fused-ring (bicyclic) bond motifs is 1. The highest BCUT2D eigenvalue weighted by molar-refractivity contribution is 7.18. The normalized spacial score (nSPS) is 12.5. The van der Waals surface area contributed by atoms with E-state index in [1.807, 2.05) is 49.2 Å². The predicted molar refractivity (Wildman–Crippen MR) is 105 cm³/mol. The van der Waals surface area contributed by atoms with Crippen LogP contribution in [0.1, 0.15) is 23.5 Å². The summed E-state index contributed by atoms with van der Waals surface area (Å²) in [4.78, 5) is 19.0. The fraction of sp³-hybridized carbons (Fsp3) is 0.263. The summed E-state index contributed by atoms with van der Waals surface area (Å²) in [5.41, 5.74) is 2.70. The van der Waals surface area contributed by atoms with Crippen LogP contribution in [0.5, 0.6) is 0 Å². The Morgan fingerprint density at radius 2 is 2.08 bits per heavy atom. The molecular weight excluding hydrogens is 354 g/mol. The molecule has 3 aromatic rings. The zero-order valence-electron chi connectivity index (χ0n) is 14.4. The molecule has 0 radical (unpaired) electrons. The third-order valence-electron chi connectivity index (χ3n) is 4.18. The van der Waals surface area contributed by atoms with Crippen molar-refractivity contribution >= 4 is 44.7 Å². The number of thiazole rings is 1. The van der Waals surface area contributed by atoms with Gasteiger partial charge in [0.1, 0.15) is 5.01 Å². The summed E-state index contributed by atoms with van der Waals surface area (Å²) >= 11 is 7.77. The van der Waals surface area contributed by atoms with Gasteiger partial charge in [-0.2, -0.15) is 0 Å². The molecule has 0 saturated carbocycles. The molecular formula is C19H20ClN3OS. The monoisotopic (exact) mass is 373 g/mol. The first kappa shape index (κ1) is 17.9. The van der Waals surface area contributed by atoms with Crippen molar-refractivity contribution in [1.29, 1.82) is 0 Å². The van der Waals surface area contributed by atoms with Crippen LogP contribution in [0.3, 0.4) is 0 Å². The van der Waals surface area contributed by atoms with E-state index in [0.717, 1.165) is 20.8 Å². The minimum Gasteiger partial charge on any atom is -0.325 e. The number of carbonyl (C=O) groups is 1. The lowest BCUT2D eigenvalue weighted by Gasteiger charge is -2.22. The van der Waals surface area contributed by atoms with Crippen LogP contribution < -0.4 is 5.32 Å². The van der Waals surface area contributed by atoms with Crippen LogP contribution in [0.4, 0.5) is 5.69 Å². The van der Waals surface area contributed by atoms with Gasteiger partial charge < -0.3 is 5.32 Å². The van der Waals surface area contributed by atoms with Gasteiger partial charge in [0.2, 0.25) is 5.91 Å². The first-order valence-corrected chi connectivity index (χ1v) is 9.25. The number of aromatic nitrogens is 1. The van der Waals surface area contributed by atoms with E-state index in [4.69, 9.17) is 11.6 Å². The first-order valence-electron chi connectivity index (χ1n) is 8.06. The molecule has 0 saturated heterocycles. The van der Waals surface area contributed by atoms with E-state index in [1.165, 1.54) is 0 Å². The Morgan fingerprint density at radius 3 is 2.80 bits per heavy atom. The van der Waals surface area contributed by atoms with Crippen molar-refractivity contribution in [2.75, 3.05) is 18.9 Å². The highest BCUT2D eigenvalue weighted by Gasteiger charge is 2.18. The SMILES string of the molecule is Cc1ccc(NC(=O)CN(C)C(C)c2nc3ccccc3s2)cc1Cl. The Balaban J connectivity index is 1.64. The van der Waals surface area contributed by atoms with Crippen LogP contribution in [-0.4, -0.2) is 29.4 Å². The molecule has 0 bridgehead atoms. The molecule has 0 aliphatic heterocycles. The maximum atomic E-state index is 12.3. The standard InChI is InChI=1S/C19H20ClN3OS/c1-12-8-9-14(10-15(12)20)21-18(24)11-23(3)13(2)19-22-16-6-4-5-7-17(16)25-19/h4-10,13H,11H2,1-3H3,(H,21,24). The quantitative estimate of drug-likeness (QED) is 0.692. The summed E-state index contributed by atoms with van der Waals surface area (Å²) < 4.78 is 1.16. The number of halogens is 1. The third kappa shape index (κ3) is 4.18. The number of nitrogens with one attached hydrogen (secondary N) is 1. The van der Waals surface area contributed by atoms with Gasteiger partial charge in [-0.25, -0.2) is 4.98 Å². The van der Waals surface area contributed by atoms with E-state index in [9.17, 15) is 4.79 Å². The molecule has 0 aliphatic carbocycles. The Bertz CT molecular complexity index is 876. The number of nitrogens with zero attached hydrogens (tertiary/aromatic N) is 2. The van der Waals surface area contributed by atoms with Gasteiger partial charge in [0.05, 0.1) is 22.8 Å². The lowest BCUT2D eigenvalue weighted by molar-refractivity contribution is -0.117. The molecule has 1 atom stereocenters. The van der Waals surface area contributed by atoms with Gasteiger partial charge in [0.25, 0.3) is 0 Å². The summed E-state index contributed by atoms with van der Waals surface area (Å²) in [6.07, 6.45) is 0. The molecule has 130 valence electrons. The molecule has 1 aromatic heterocycles. The van der Waals surface area contributed by atoms with E-state index >= 15 is 0 Å². The van der Waals surface area contributed by atoms with Crippen molar-refractivity contribution in [2.24, 2.45) is 0 Å². The van der Waals surface area contributed by atoms with Crippen molar-refractivity contribution in [1.82, 2.24) is 9.88 Å². The number of rotatable bonds is 5. The second-order valence-corrected chi connectivity index (χ2v) is 7.59. The first-order chi connectivity index (χ1) is 11.9. The maximum absolute atomic E-state index is 12.3. The van der Waals surface area contributed by atoms with E-state index in [2.05, 4.69) is 23.3 Å². The molecule has 4 nitrogen and oxygen atoms in total. The van der Waals surface area contributed by atoms with Crippen LogP contribution >= 0.6 is 22.9 Å². The van der Waals surface area contributed by atoms with E-state index in [1.54, 1.807) is 17.4 Å². The molecule has 1 unspecified atom stereocenters. The molecule has 1 amide bonds. The van der Waals surface area contributed by atoms with Gasteiger partial charge >= 0.3 is 0 Å². The molecule has 2 aromatic carbocycles. The van der Waals surface area contributed by atoms with Crippen molar-refractivity contribution in [3.05, 3.63) is 58.1 Å². The van der Waals surface area contributed by atoms with Crippen molar-refractivity contribution in [3.63, 3.8) is 0 Å². The molecule has 25 heavy (non-hydrogen) atoms. The summed E-state index contributed by atoms with van der Waals surface area (Å²) in [5, 5.41) is 4.55. The average Bonchev–Trinajstić information content (AvgIpc) is 3.01. The van der Waals surface area contributed by atoms with Crippen LogP contribution in [0.2, 0.25) is 5.02 Å². The highest BCUT2D eigenvalue weighted by atomic mass is 35.5. The highest BCUT2D eigenvalue weighted by Crippen LogP contribution is 2.28. The van der Waals surface area contributed by atoms with E-state index in [-0.39, 0.29) is 18.5 Å². The molecule has 6 heteroatoms. The summed E-state index contributed by atoms with van der Waals surface area (Å²) in [6.45, 7) is 4.28. The number of aryl methyl sites for hydroxylation is 1. The lowest BCUT2D eigenvalue weighted by atomic mass is 10.2. The van der Waals surface area contributed by atoms with Gasteiger partial charge in [0, 0.05) is 10.7 Å². The largest absolute Gasteiger partial charge is 0.325 e. The lowest BCUT2D eigenvalue weighted by Crippen LogP contribution is -2.32. The second kappa shape index (κ2) is 7.52. The molecule has 1 heterocycles. The molecule has 0 aliphatic rings. The number of likely N-dealkylation sites (N-methyl/N-ethyl adjacent to an activating group) is 1. The number of amides is 1. The number of carbonyl (C=O) groups excluding carboxylic acids is 1. The number of hydrogen-bond donors (Lipinski definition) is 1. The number of anilines is 1. The van der Waals surface area contributed by atoms with Gasteiger partial charge in [-0.1, -0.05) is 29.8 Å². The number of para-hydroxylation sites is 1. The van der Waals surface area contributed by atoms with Gasteiger partial charge in [-0.05, 0) is 50.7 Å². The second-order valence-electron chi connectivity index (χ2n) is 6.12. The van der Waals surface area contributed by atoms with E-state index < -0.39 is 0 Å². The maximum Gasteiger partial charge on any atom is 0.238 e. The summed E-state index contributed by atoms with van der Waals surface area (Å²) in [6, 6.07) is 13.7. The van der Waals surface area contributed by atoms with Crippen molar-refractivity contribution in [3.8, 4) is 0 Å². The van der Waals surface area contributed by atoms with Crippen LogP contribution in [0, 0.1) is 6.92 Å². The van der Waals surface area contributed by atoms with Crippen LogP contribution in [0.25, 0.3) is 10.2 Å². The predicted octanol–water partition coefficient (Wildman–Crippen LogP) is 4.89. The molecule has 1 N–H and O–H groups in total. The van der Waals surface area contributed by atoms with Crippen LogP contribution in [0.15, 0.2) is 42.5 Å². The Hall–Kier alpha value is -1.95. The topological polar surface area (TPSA) is 45.2 Å². The van der Waals surface area contributed by atoms with Crippen LogP contribution in [-0.2, 0) is 4.79 Å². The van der Waals surface area contributed by atoms with Crippen molar-refractivity contribution in [2.45, 2.75) is 19.9 Å². The Kier molecular flexibility index (Phi) is 5.37. The fourth-order valence-corrected chi connectivity index (χ4v) is 3.76. The molecule has 0 fully saturated rings. The fourth-order valence-electron chi connectivity index (χ4n) is 2.49. The number of hydrogen-bond acceptors (Lipinski definition) is 4. The summed E-state index contributed by atoms with van der Waals surface area (Å²) in [7, 11) is 1.93. The zero-order valence-corrected chi connectivity index (χ0v) is 16.0. The van der Waals surface area contributed by atoms with Gasteiger partial charge in [-0.3, -0.25) is 9.69 Å². The minimum absolute atomic E-state index is 0.0600. The zero-order chi connectivity index (χ0) is 18.0.